The van der Waals surface area contributed by atoms with Crippen LogP contribution < -0.4 is 10.2 Å². The fraction of sp³-hybridized carbons (Fsp3) is 0.211. The van der Waals surface area contributed by atoms with Gasteiger partial charge in [-0.3, -0.25) is 4.98 Å². The lowest BCUT2D eigenvalue weighted by molar-refractivity contribution is 0.833. The summed E-state index contributed by atoms with van der Waals surface area (Å²) >= 11 is 12.1. The summed E-state index contributed by atoms with van der Waals surface area (Å²) in [5.41, 5.74) is 2.89. The van der Waals surface area contributed by atoms with Gasteiger partial charge in [0.05, 0.1) is 0 Å². The molecular weight excluding hydrogens is 369 g/mol. The van der Waals surface area contributed by atoms with E-state index in [0.717, 1.165) is 24.3 Å². The minimum atomic E-state index is 0.570. The molecular formula is C19H19Cl2N5. The van der Waals surface area contributed by atoms with E-state index in [4.69, 9.17) is 23.2 Å². The van der Waals surface area contributed by atoms with Crippen molar-refractivity contribution in [2.45, 2.75) is 13.3 Å². The molecule has 0 aliphatic carbocycles. The maximum absolute atomic E-state index is 6.06. The van der Waals surface area contributed by atoms with E-state index >= 15 is 0 Å². The van der Waals surface area contributed by atoms with Gasteiger partial charge in [-0.05, 0) is 49.2 Å². The zero-order valence-corrected chi connectivity index (χ0v) is 16.1. The van der Waals surface area contributed by atoms with Crippen LogP contribution in [0, 0.1) is 6.92 Å². The van der Waals surface area contributed by atoms with Gasteiger partial charge in [0.15, 0.2) is 0 Å². The zero-order valence-electron chi connectivity index (χ0n) is 14.6. The largest absolute Gasteiger partial charge is 0.343 e. The van der Waals surface area contributed by atoms with Crippen molar-refractivity contribution in [1.29, 1.82) is 0 Å². The highest BCUT2D eigenvalue weighted by molar-refractivity contribution is 6.35. The number of likely N-dealkylation sites (N-methyl/N-ethyl adjacent to an activating group) is 1. The lowest BCUT2D eigenvalue weighted by Gasteiger charge is -2.18. The topological polar surface area (TPSA) is 53.9 Å². The zero-order chi connectivity index (χ0) is 18.5. The van der Waals surface area contributed by atoms with E-state index in [1.807, 2.05) is 37.1 Å². The van der Waals surface area contributed by atoms with Gasteiger partial charge in [-0.2, -0.15) is 4.98 Å². The fourth-order valence-corrected chi connectivity index (χ4v) is 3.03. The number of anilines is 3. The smallest absolute Gasteiger partial charge is 0.227 e. The van der Waals surface area contributed by atoms with Crippen molar-refractivity contribution < 1.29 is 0 Å². The molecule has 0 fully saturated rings. The SMILES string of the molecule is Cc1cc(Nc2cc(Cl)cc(Cl)c2)nc(N(C)CCc2ccncc2)n1. The van der Waals surface area contributed by atoms with Gasteiger partial charge in [-0.15, -0.1) is 0 Å². The average molecular weight is 388 g/mol. The summed E-state index contributed by atoms with van der Waals surface area (Å²) in [5.74, 6) is 1.36. The van der Waals surface area contributed by atoms with Crippen LogP contribution >= 0.6 is 23.2 Å². The third-order valence-corrected chi connectivity index (χ3v) is 4.24. The molecule has 1 N–H and O–H groups in total. The van der Waals surface area contributed by atoms with Crippen LogP contribution in [0.25, 0.3) is 0 Å². The molecule has 0 aliphatic heterocycles. The number of aromatic nitrogens is 3. The molecule has 3 aromatic rings. The van der Waals surface area contributed by atoms with Gasteiger partial charge in [-0.25, -0.2) is 4.98 Å². The van der Waals surface area contributed by atoms with E-state index < -0.39 is 0 Å². The molecule has 5 nitrogen and oxygen atoms in total. The quantitative estimate of drug-likeness (QED) is 0.650. The lowest BCUT2D eigenvalue weighted by atomic mass is 10.2. The summed E-state index contributed by atoms with van der Waals surface area (Å²) in [6.07, 6.45) is 4.50. The van der Waals surface area contributed by atoms with Crippen LogP contribution in [0.2, 0.25) is 10.0 Å². The minimum absolute atomic E-state index is 0.570. The van der Waals surface area contributed by atoms with Crippen molar-refractivity contribution in [2.75, 3.05) is 23.8 Å². The second-order valence-corrected chi connectivity index (χ2v) is 6.88. The van der Waals surface area contributed by atoms with Crippen LogP contribution in [-0.2, 0) is 6.42 Å². The van der Waals surface area contributed by atoms with Crippen molar-refractivity contribution in [3.63, 3.8) is 0 Å². The van der Waals surface area contributed by atoms with E-state index in [1.54, 1.807) is 30.6 Å². The minimum Gasteiger partial charge on any atom is -0.343 e. The van der Waals surface area contributed by atoms with Crippen LogP contribution in [0.5, 0.6) is 0 Å². The summed E-state index contributed by atoms with van der Waals surface area (Å²) in [7, 11) is 1.98. The van der Waals surface area contributed by atoms with E-state index in [2.05, 4.69) is 20.3 Å². The van der Waals surface area contributed by atoms with Crippen molar-refractivity contribution in [3.8, 4) is 0 Å². The first-order chi connectivity index (χ1) is 12.5. The molecule has 0 saturated carbocycles. The molecule has 1 aromatic carbocycles. The van der Waals surface area contributed by atoms with Crippen LogP contribution in [-0.4, -0.2) is 28.5 Å². The Morgan fingerprint density at radius 2 is 1.69 bits per heavy atom. The third-order valence-electron chi connectivity index (χ3n) is 3.80. The molecule has 0 bridgehead atoms. The van der Waals surface area contributed by atoms with Gasteiger partial charge >= 0.3 is 0 Å². The second kappa shape index (κ2) is 8.34. The van der Waals surface area contributed by atoms with Crippen LogP contribution in [0.1, 0.15) is 11.3 Å². The van der Waals surface area contributed by atoms with Gasteiger partial charge in [0.2, 0.25) is 5.95 Å². The summed E-state index contributed by atoms with van der Waals surface area (Å²) in [6.45, 7) is 2.74. The maximum atomic E-state index is 6.06. The molecule has 134 valence electrons. The molecule has 26 heavy (non-hydrogen) atoms. The Kier molecular flexibility index (Phi) is 5.91. The highest BCUT2D eigenvalue weighted by Gasteiger charge is 2.09. The molecule has 0 unspecified atom stereocenters. The first-order valence-electron chi connectivity index (χ1n) is 8.18. The molecule has 0 atom stereocenters. The van der Waals surface area contributed by atoms with Crippen LogP contribution in [0.15, 0.2) is 48.8 Å². The van der Waals surface area contributed by atoms with Crippen molar-refractivity contribution in [2.24, 2.45) is 0 Å². The van der Waals surface area contributed by atoms with E-state index in [9.17, 15) is 0 Å². The third kappa shape index (κ3) is 5.07. The summed E-state index contributed by atoms with van der Waals surface area (Å²) in [4.78, 5) is 15.2. The normalized spacial score (nSPS) is 10.6. The van der Waals surface area contributed by atoms with Crippen molar-refractivity contribution in [1.82, 2.24) is 15.0 Å². The van der Waals surface area contributed by atoms with Crippen LogP contribution in [0.3, 0.4) is 0 Å². The fourth-order valence-electron chi connectivity index (χ4n) is 2.51. The Labute approximate surface area is 163 Å². The number of halogens is 2. The molecule has 3 rings (SSSR count). The van der Waals surface area contributed by atoms with Gasteiger partial charge in [-0.1, -0.05) is 23.2 Å². The number of pyridine rings is 1. The molecule has 2 aromatic heterocycles. The van der Waals surface area contributed by atoms with E-state index in [-0.39, 0.29) is 0 Å². The second-order valence-electron chi connectivity index (χ2n) is 6.00. The van der Waals surface area contributed by atoms with Crippen molar-refractivity contribution >= 4 is 40.7 Å². The number of hydrogen-bond donors (Lipinski definition) is 1. The predicted octanol–water partition coefficient (Wildman–Crippen LogP) is 4.91. The number of nitrogens with zero attached hydrogens (tertiary/aromatic N) is 4. The Hall–Kier alpha value is -2.37. The van der Waals surface area contributed by atoms with E-state index in [0.29, 0.717) is 21.8 Å². The number of hydrogen-bond acceptors (Lipinski definition) is 5. The summed E-state index contributed by atoms with van der Waals surface area (Å²) in [6, 6.07) is 11.2. The number of nitrogens with one attached hydrogen (secondary N) is 1. The van der Waals surface area contributed by atoms with E-state index in [1.165, 1.54) is 5.56 Å². The lowest BCUT2D eigenvalue weighted by Crippen LogP contribution is -2.23. The van der Waals surface area contributed by atoms with Gasteiger partial charge in [0, 0.05) is 53.5 Å². The van der Waals surface area contributed by atoms with Gasteiger partial charge in [0.1, 0.15) is 5.82 Å². The monoisotopic (exact) mass is 387 g/mol. The molecule has 0 saturated heterocycles. The Morgan fingerprint density at radius 3 is 2.38 bits per heavy atom. The first-order valence-corrected chi connectivity index (χ1v) is 8.94. The maximum Gasteiger partial charge on any atom is 0.227 e. The first kappa shape index (κ1) is 18.4. The Bertz CT molecular complexity index is 866. The standard InChI is InChI=1S/C19H19Cl2N5/c1-13-9-18(24-17-11-15(20)10-16(21)12-17)25-19(23-13)26(2)8-5-14-3-6-22-7-4-14/h3-4,6-7,9-12H,5,8H2,1-2H3,(H,23,24,25). The molecule has 0 amide bonds. The average Bonchev–Trinajstić information content (AvgIpc) is 2.59. The van der Waals surface area contributed by atoms with Crippen molar-refractivity contribution in [3.05, 3.63) is 70.1 Å². The predicted molar refractivity (Wildman–Crippen MR) is 108 cm³/mol. The van der Waals surface area contributed by atoms with Crippen LogP contribution in [0.4, 0.5) is 17.5 Å². The van der Waals surface area contributed by atoms with Gasteiger partial charge < -0.3 is 10.2 Å². The van der Waals surface area contributed by atoms with Gasteiger partial charge in [0.25, 0.3) is 0 Å². The summed E-state index contributed by atoms with van der Waals surface area (Å²) < 4.78 is 0. The summed E-state index contributed by atoms with van der Waals surface area (Å²) in [5, 5.41) is 4.38. The number of rotatable bonds is 6. The molecule has 2 heterocycles. The molecule has 0 aliphatic rings. The molecule has 0 radical (unpaired) electrons. The number of benzene rings is 1. The highest BCUT2D eigenvalue weighted by atomic mass is 35.5. The Morgan fingerprint density at radius 1 is 1.00 bits per heavy atom. The highest BCUT2D eigenvalue weighted by Crippen LogP contribution is 2.25. The molecule has 7 heteroatoms. The molecule has 0 spiro atoms. The Balaban J connectivity index is 1.74. The number of aryl methyl sites for hydroxylation is 1.